The number of unbranched alkanes of at least 4 members (excludes halogenated alkanes) is 3. The van der Waals surface area contributed by atoms with Gasteiger partial charge in [-0.05, 0) is 47.3 Å². The van der Waals surface area contributed by atoms with Gasteiger partial charge in [0.25, 0.3) is 0 Å². The van der Waals surface area contributed by atoms with Crippen LogP contribution in [0, 0.1) is 0 Å². The standard InChI is InChI=1S/C29H37.C13H8Cl2.C6H14.C5H5.2ClH.Zr/c1-26(2)9-11-28(5,6)24-16-20-18(14-22(24)26)13-19-15-23-25(17-21(19)20)29(7,8)12-10-27(23,3)4;14-12-5-1-10(2-6-12)9-11-3-7-13(15)8-4-11;1-3-5-6-4-2;1-2-4-5-3-1;;;/h13-17H,9-12H2,1-8H3;1-8H;3-6H2,1-2H3;1-5H;2*1H;/q-1;;;-1;;;+2/p-2. The Bertz CT molecular complexity index is 2040. The summed E-state index contributed by atoms with van der Waals surface area (Å²) in [5.41, 5.74) is 9.78. The fourth-order valence-corrected chi connectivity index (χ4v) is 9.43. The maximum atomic E-state index is 5.86. The van der Waals surface area contributed by atoms with E-state index in [2.05, 4.69) is 99.6 Å². The van der Waals surface area contributed by atoms with E-state index in [1.54, 1.807) is 22.3 Å². The number of hydrogen-bond donors (Lipinski definition) is 0. The first-order valence-corrected chi connectivity index (χ1v) is 22.9. The van der Waals surface area contributed by atoms with Crippen molar-refractivity contribution in [2.24, 2.45) is 0 Å². The molecule has 2 aliphatic rings. The summed E-state index contributed by atoms with van der Waals surface area (Å²) in [6.07, 6.45) is 10.6. The summed E-state index contributed by atoms with van der Waals surface area (Å²) in [5, 5.41) is 7.33. The average molecular weight is 934 g/mol. The average Bonchev–Trinajstić information content (AvgIpc) is 3.87. The summed E-state index contributed by atoms with van der Waals surface area (Å²) in [6, 6.07) is 38.5. The van der Waals surface area contributed by atoms with Gasteiger partial charge in [0.2, 0.25) is 0 Å². The van der Waals surface area contributed by atoms with Crippen LogP contribution in [-0.2, 0) is 45.9 Å². The first kappa shape index (κ1) is 50.4. The van der Waals surface area contributed by atoms with E-state index >= 15 is 0 Å². The van der Waals surface area contributed by atoms with Gasteiger partial charge in [0.1, 0.15) is 0 Å². The van der Waals surface area contributed by atoms with Gasteiger partial charge in [-0.1, -0.05) is 129 Å². The summed E-state index contributed by atoms with van der Waals surface area (Å²) >= 11 is 13.1. The third-order valence-corrected chi connectivity index (χ3v) is 14.3. The number of hydrogen-bond acceptors (Lipinski definition) is 0. The van der Waals surface area contributed by atoms with Crippen molar-refractivity contribution >= 4 is 48.0 Å². The first-order chi connectivity index (χ1) is 26.4. The molecule has 0 saturated heterocycles. The van der Waals surface area contributed by atoms with E-state index in [9.17, 15) is 0 Å². The molecule has 0 spiro atoms. The Balaban J connectivity index is 0.000000260. The maximum absolute atomic E-state index is 5.86. The third kappa shape index (κ3) is 12.1. The molecule has 0 aromatic heterocycles. The summed E-state index contributed by atoms with van der Waals surface area (Å²) in [5.74, 6) is 0. The van der Waals surface area contributed by atoms with Gasteiger partial charge in [0.15, 0.2) is 0 Å². The first-order valence-electron chi connectivity index (χ1n) is 20.9. The zero-order chi connectivity index (χ0) is 40.9. The Morgan fingerprint density at radius 2 is 0.845 bits per heavy atom. The number of halogens is 4. The van der Waals surface area contributed by atoms with Crippen LogP contribution in [0.3, 0.4) is 0 Å². The molecule has 0 amide bonds. The molecule has 0 N–H and O–H groups in total. The summed E-state index contributed by atoms with van der Waals surface area (Å²) in [4.78, 5) is 0. The Kier molecular flexibility index (Phi) is 18.4. The van der Waals surface area contributed by atoms with Crippen LogP contribution in [0.2, 0.25) is 10.0 Å². The van der Waals surface area contributed by atoms with Gasteiger partial charge in [0, 0.05) is 0 Å². The molecule has 8 rings (SSSR count). The van der Waals surface area contributed by atoms with E-state index in [4.69, 9.17) is 23.2 Å². The van der Waals surface area contributed by atoms with Crippen molar-refractivity contribution in [2.75, 3.05) is 0 Å². The second-order valence-corrected chi connectivity index (χ2v) is 20.8. The molecule has 0 radical (unpaired) electrons. The summed E-state index contributed by atoms with van der Waals surface area (Å²) in [7, 11) is 0. The third-order valence-electron chi connectivity index (χ3n) is 12.4. The van der Waals surface area contributed by atoms with Gasteiger partial charge >= 0.3 is 120 Å². The molecule has 2 aliphatic carbocycles. The molecule has 0 bridgehead atoms. The van der Waals surface area contributed by atoms with Crippen molar-refractivity contribution < 1.29 is 49.0 Å². The topological polar surface area (TPSA) is 0 Å². The molecule has 0 fully saturated rings. The molecule has 0 saturated carbocycles. The van der Waals surface area contributed by atoms with Crippen LogP contribution in [0.5, 0.6) is 0 Å². The maximum Gasteiger partial charge on any atom is -0.172 e. The Hall–Kier alpha value is -1.99. The summed E-state index contributed by atoms with van der Waals surface area (Å²) in [6.45, 7) is 23.9. The molecule has 0 atom stereocenters. The van der Waals surface area contributed by atoms with E-state index in [0.717, 1.165) is 10.0 Å². The predicted molar refractivity (Wildman–Crippen MR) is 246 cm³/mol. The van der Waals surface area contributed by atoms with Crippen LogP contribution >= 0.6 is 23.2 Å². The van der Waals surface area contributed by atoms with E-state index < -0.39 is 0 Å². The molecule has 6 aromatic carbocycles. The van der Waals surface area contributed by atoms with Crippen molar-refractivity contribution in [1.82, 2.24) is 0 Å². The van der Waals surface area contributed by atoms with E-state index in [1.165, 1.54) is 111 Å². The largest absolute Gasteiger partial charge is 1.00 e. The van der Waals surface area contributed by atoms with Crippen LogP contribution in [-0.4, -0.2) is 3.21 Å². The van der Waals surface area contributed by atoms with E-state index in [-0.39, 0.29) is 46.5 Å². The molecule has 0 aliphatic heterocycles. The van der Waals surface area contributed by atoms with Crippen LogP contribution in [0.15, 0.2) is 109 Å². The molecule has 5 heteroatoms. The van der Waals surface area contributed by atoms with Gasteiger partial charge in [-0.25, -0.2) is 12.1 Å². The van der Waals surface area contributed by atoms with Gasteiger partial charge < -0.3 is 24.8 Å². The molecular weight excluding hydrogens is 870 g/mol. The molecule has 310 valence electrons. The normalized spacial score (nSPS) is 16.3. The summed E-state index contributed by atoms with van der Waals surface area (Å²) < 4.78 is 1.31. The fourth-order valence-electron chi connectivity index (χ4n) is 8.35. The molecule has 6 aromatic rings. The molecular formula is C53H64Cl4Zr-2. The molecule has 0 unspecified atom stereocenters. The van der Waals surface area contributed by atoms with Crippen LogP contribution in [0.1, 0.15) is 154 Å². The minimum absolute atomic E-state index is 0. The van der Waals surface area contributed by atoms with Crippen LogP contribution < -0.4 is 24.8 Å². The Morgan fingerprint density at radius 3 is 1.12 bits per heavy atom. The van der Waals surface area contributed by atoms with Crippen molar-refractivity contribution in [3.05, 3.63) is 153 Å². The predicted octanol–water partition coefficient (Wildman–Crippen LogP) is 10.5. The smallest absolute Gasteiger partial charge is 0.172 e. The van der Waals surface area contributed by atoms with Crippen molar-refractivity contribution in [1.29, 1.82) is 0 Å². The zero-order valence-corrected chi connectivity index (χ0v) is 42.0. The van der Waals surface area contributed by atoms with Crippen LogP contribution in [0.4, 0.5) is 0 Å². The van der Waals surface area contributed by atoms with Gasteiger partial charge in [-0.15, -0.1) is 39.7 Å². The minimum atomic E-state index is 0. The van der Waals surface area contributed by atoms with E-state index in [0.29, 0.717) is 0 Å². The fraction of sp³-hybridized carbons (Fsp3) is 0.415. The molecule has 0 nitrogen and oxygen atoms in total. The number of benzene rings is 4. The minimum Gasteiger partial charge on any atom is -1.00 e. The quantitative estimate of drug-likeness (QED) is 0.119. The van der Waals surface area contributed by atoms with Gasteiger partial charge in [0.05, 0.1) is 0 Å². The zero-order valence-electron chi connectivity index (χ0n) is 36.6. The van der Waals surface area contributed by atoms with Crippen LogP contribution in [0.25, 0.3) is 21.5 Å². The number of rotatable bonds is 5. The second kappa shape index (κ2) is 21.2. The SMILES string of the molecule is CC1(C)CCC(C)(C)c2cc3c(cc21)[cH-]c1cc2c(cc13)C(C)(C)CCC2(C)C.CCCCCC.Clc1ccc([C](=[Zr+2])c2ccc(Cl)cc2)cc1.[Cl-].[Cl-].c1cc[cH-]c1. The Morgan fingerprint density at radius 1 is 0.534 bits per heavy atom. The van der Waals surface area contributed by atoms with Crippen molar-refractivity contribution in [2.45, 2.75) is 142 Å². The molecule has 0 heterocycles. The Labute approximate surface area is 388 Å². The number of fused-ring (bicyclic) bond motifs is 5. The molecule has 58 heavy (non-hydrogen) atoms. The second-order valence-electron chi connectivity index (χ2n) is 18.7. The van der Waals surface area contributed by atoms with E-state index in [1.807, 2.05) is 78.9 Å². The van der Waals surface area contributed by atoms with Gasteiger partial charge in [-0.3, -0.25) is 0 Å². The van der Waals surface area contributed by atoms with Gasteiger partial charge in [-0.2, -0.15) is 18.2 Å². The monoisotopic (exact) mass is 930 g/mol. The van der Waals surface area contributed by atoms with Crippen molar-refractivity contribution in [3.63, 3.8) is 0 Å². The van der Waals surface area contributed by atoms with Crippen molar-refractivity contribution in [3.8, 4) is 0 Å².